The molecule has 0 spiro atoms. The second-order valence-corrected chi connectivity index (χ2v) is 7.68. The first-order valence-electron chi connectivity index (χ1n) is 11.5. The predicted molar refractivity (Wildman–Crippen MR) is 119 cm³/mol. The topological polar surface area (TPSA) is 21.6 Å². The van der Waals surface area contributed by atoms with Crippen molar-refractivity contribution in [2.24, 2.45) is 5.16 Å². The average Bonchev–Trinajstić information content (AvgIpc) is 2.72. The van der Waals surface area contributed by atoms with E-state index in [9.17, 15) is 8.78 Å². The van der Waals surface area contributed by atoms with Crippen molar-refractivity contribution in [3.05, 3.63) is 47.5 Å². The molecule has 0 aromatic heterocycles. The summed E-state index contributed by atoms with van der Waals surface area (Å²) in [5, 5.41) is 3.80. The van der Waals surface area contributed by atoms with Crippen molar-refractivity contribution in [1.29, 1.82) is 0 Å². The molecule has 1 aromatic rings. The zero-order chi connectivity index (χ0) is 21.0. The van der Waals surface area contributed by atoms with E-state index in [4.69, 9.17) is 4.84 Å². The molecule has 164 valence electrons. The Bertz CT molecular complexity index is 572. The lowest BCUT2D eigenvalue weighted by atomic mass is 10.1. The van der Waals surface area contributed by atoms with Gasteiger partial charge < -0.3 is 4.84 Å². The largest absolute Gasteiger partial charge is 0.396 e. The van der Waals surface area contributed by atoms with Gasteiger partial charge in [0.2, 0.25) is 0 Å². The molecule has 2 nitrogen and oxygen atoms in total. The Hall–Kier alpha value is -1.71. The molecule has 0 unspecified atom stereocenters. The SMILES string of the molecule is CCCCCCCC/C=C\CCCCCCCCO/N=C/c1ccc(F)c(F)c1. The molecule has 0 aliphatic carbocycles. The highest BCUT2D eigenvalue weighted by Gasteiger charge is 2.00. The molecule has 0 N–H and O–H groups in total. The monoisotopic (exact) mass is 407 g/mol. The number of halogens is 2. The molecule has 1 aromatic carbocycles. The number of benzene rings is 1. The Labute approximate surface area is 176 Å². The van der Waals surface area contributed by atoms with Crippen molar-refractivity contribution in [3.63, 3.8) is 0 Å². The summed E-state index contributed by atoms with van der Waals surface area (Å²) in [6.07, 6.45) is 23.9. The molecule has 1 rings (SSSR count). The van der Waals surface area contributed by atoms with E-state index in [1.807, 2.05) is 0 Å². The highest BCUT2D eigenvalue weighted by atomic mass is 19.2. The van der Waals surface area contributed by atoms with Crippen molar-refractivity contribution >= 4 is 6.21 Å². The first kappa shape index (κ1) is 25.3. The fourth-order valence-electron chi connectivity index (χ4n) is 3.16. The highest BCUT2D eigenvalue weighted by molar-refractivity contribution is 5.78. The Morgan fingerprint density at radius 1 is 0.759 bits per heavy atom. The molecule has 0 atom stereocenters. The molecule has 0 aliphatic heterocycles. The quantitative estimate of drug-likeness (QED) is 0.104. The van der Waals surface area contributed by atoms with Crippen LogP contribution in [0.25, 0.3) is 0 Å². The van der Waals surface area contributed by atoms with Crippen molar-refractivity contribution in [2.45, 2.75) is 96.8 Å². The van der Waals surface area contributed by atoms with Gasteiger partial charge in [-0.15, -0.1) is 0 Å². The van der Waals surface area contributed by atoms with Crippen LogP contribution < -0.4 is 0 Å². The van der Waals surface area contributed by atoms with Crippen LogP contribution in [0.2, 0.25) is 0 Å². The van der Waals surface area contributed by atoms with Gasteiger partial charge in [0.05, 0.1) is 6.21 Å². The molecule has 4 heteroatoms. The number of oxime groups is 1. The van der Waals surface area contributed by atoms with E-state index in [1.54, 1.807) is 0 Å². The van der Waals surface area contributed by atoms with Crippen LogP contribution in [0, 0.1) is 11.6 Å². The summed E-state index contributed by atoms with van der Waals surface area (Å²) in [6.45, 7) is 2.82. The van der Waals surface area contributed by atoms with Crippen LogP contribution in [0.1, 0.15) is 102 Å². The minimum absolute atomic E-state index is 0.491. The van der Waals surface area contributed by atoms with Crippen LogP contribution in [0.4, 0.5) is 8.78 Å². The van der Waals surface area contributed by atoms with E-state index in [0.29, 0.717) is 12.2 Å². The molecule has 0 bridgehead atoms. The van der Waals surface area contributed by atoms with Crippen LogP contribution >= 0.6 is 0 Å². The fraction of sp³-hybridized carbons (Fsp3) is 0.640. The van der Waals surface area contributed by atoms with Gasteiger partial charge in [-0.25, -0.2) is 8.78 Å². The van der Waals surface area contributed by atoms with Crippen molar-refractivity contribution in [2.75, 3.05) is 6.61 Å². The van der Waals surface area contributed by atoms with Gasteiger partial charge in [-0.05, 0) is 56.2 Å². The molecule has 0 amide bonds. The van der Waals surface area contributed by atoms with E-state index < -0.39 is 11.6 Å². The number of hydrogen-bond acceptors (Lipinski definition) is 2. The predicted octanol–water partition coefficient (Wildman–Crippen LogP) is 8.35. The maximum Gasteiger partial charge on any atom is 0.159 e. The van der Waals surface area contributed by atoms with Gasteiger partial charge in [-0.2, -0.15) is 0 Å². The van der Waals surface area contributed by atoms with E-state index in [-0.39, 0.29) is 0 Å². The molecular formula is C25H39F2NO. The third-order valence-electron chi connectivity index (χ3n) is 4.97. The van der Waals surface area contributed by atoms with Gasteiger partial charge in [-0.1, -0.05) is 81.7 Å². The summed E-state index contributed by atoms with van der Waals surface area (Å²) in [4.78, 5) is 5.17. The molecule has 0 aliphatic rings. The van der Waals surface area contributed by atoms with E-state index in [2.05, 4.69) is 24.2 Å². The summed E-state index contributed by atoms with van der Waals surface area (Å²) >= 11 is 0. The minimum Gasteiger partial charge on any atom is -0.396 e. The molecule has 0 radical (unpaired) electrons. The van der Waals surface area contributed by atoms with Gasteiger partial charge in [0.25, 0.3) is 0 Å². The standard InChI is InChI=1S/C25H39F2NO/c1-2-3-4-5-6-7-8-9-10-11-12-13-14-15-16-17-20-29-28-22-23-18-19-24(26)25(27)21-23/h9-10,18-19,21-22H,2-8,11-17,20H2,1H3/b10-9-,28-22+. The Kier molecular flexibility index (Phi) is 16.0. The molecule has 0 saturated carbocycles. The Balaban J connectivity index is 1.83. The number of allylic oxidation sites excluding steroid dienone is 2. The van der Waals surface area contributed by atoms with Crippen molar-refractivity contribution in [1.82, 2.24) is 0 Å². The summed E-state index contributed by atoms with van der Waals surface area (Å²) in [6, 6.07) is 3.66. The number of unbranched alkanes of at least 4 members (excludes halogenated alkanes) is 12. The zero-order valence-electron chi connectivity index (χ0n) is 18.2. The highest BCUT2D eigenvalue weighted by Crippen LogP contribution is 2.10. The summed E-state index contributed by atoms with van der Waals surface area (Å²) < 4.78 is 25.9. The van der Waals surface area contributed by atoms with E-state index in [1.165, 1.54) is 89.3 Å². The summed E-state index contributed by atoms with van der Waals surface area (Å²) in [5.74, 6) is -1.73. The minimum atomic E-state index is -0.873. The van der Waals surface area contributed by atoms with Crippen LogP contribution in [-0.4, -0.2) is 12.8 Å². The van der Waals surface area contributed by atoms with Crippen LogP contribution in [0.15, 0.2) is 35.5 Å². The lowest BCUT2D eigenvalue weighted by Gasteiger charge is -2.01. The second-order valence-electron chi connectivity index (χ2n) is 7.68. The zero-order valence-corrected chi connectivity index (χ0v) is 18.2. The maximum atomic E-state index is 13.0. The lowest BCUT2D eigenvalue weighted by Crippen LogP contribution is -1.91. The summed E-state index contributed by atoms with van der Waals surface area (Å²) in [7, 11) is 0. The third kappa shape index (κ3) is 14.9. The number of nitrogens with zero attached hydrogens (tertiary/aromatic N) is 1. The normalized spacial score (nSPS) is 11.7. The van der Waals surface area contributed by atoms with Gasteiger partial charge in [-0.3, -0.25) is 0 Å². The first-order chi connectivity index (χ1) is 14.2. The Morgan fingerprint density at radius 3 is 1.97 bits per heavy atom. The number of rotatable bonds is 18. The van der Waals surface area contributed by atoms with Gasteiger partial charge >= 0.3 is 0 Å². The first-order valence-corrected chi connectivity index (χ1v) is 11.5. The van der Waals surface area contributed by atoms with Gasteiger partial charge in [0, 0.05) is 0 Å². The Morgan fingerprint density at radius 2 is 1.34 bits per heavy atom. The smallest absolute Gasteiger partial charge is 0.159 e. The fourth-order valence-corrected chi connectivity index (χ4v) is 3.16. The van der Waals surface area contributed by atoms with E-state index in [0.717, 1.165) is 25.0 Å². The third-order valence-corrected chi connectivity index (χ3v) is 4.97. The maximum absolute atomic E-state index is 13.0. The molecule has 29 heavy (non-hydrogen) atoms. The van der Waals surface area contributed by atoms with E-state index >= 15 is 0 Å². The molecule has 0 saturated heterocycles. The summed E-state index contributed by atoms with van der Waals surface area (Å²) in [5.41, 5.74) is 0.491. The molecule has 0 fully saturated rings. The molecular weight excluding hydrogens is 368 g/mol. The second kappa shape index (κ2) is 18.3. The van der Waals surface area contributed by atoms with Gasteiger partial charge in [0.1, 0.15) is 6.61 Å². The van der Waals surface area contributed by atoms with Crippen LogP contribution in [0.3, 0.4) is 0 Å². The molecule has 0 heterocycles. The lowest BCUT2D eigenvalue weighted by molar-refractivity contribution is 0.141. The van der Waals surface area contributed by atoms with Crippen molar-refractivity contribution < 1.29 is 13.6 Å². The van der Waals surface area contributed by atoms with Crippen LogP contribution in [0.5, 0.6) is 0 Å². The van der Waals surface area contributed by atoms with Crippen molar-refractivity contribution in [3.8, 4) is 0 Å². The van der Waals surface area contributed by atoms with Crippen LogP contribution in [-0.2, 0) is 4.84 Å². The van der Waals surface area contributed by atoms with Gasteiger partial charge in [0.15, 0.2) is 11.6 Å². The number of hydrogen-bond donors (Lipinski definition) is 0. The average molecular weight is 408 g/mol.